The smallest absolute Gasteiger partial charge is 0.407 e. The van der Waals surface area contributed by atoms with Gasteiger partial charge in [-0.2, -0.15) is 0 Å². The highest BCUT2D eigenvalue weighted by Crippen LogP contribution is 2.13. The van der Waals surface area contributed by atoms with E-state index in [1.807, 2.05) is 0 Å². The highest BCUT2D eigenvalue weighted by Gasteiger charge is 2.25. The zero-order valence-corrected chi connectivity index (χ0v) is 12.1. The van der Waals surface area contributed by atoms with Gasteiger partial charge < -0.3 is 21.1 Å². The molecule has 20 heavy (non-hydrogen) atoms. The van der Waals surface area contributed by atoms with Crippen LogP contribution in [-0.4, -0.2) is 51.1 Å². The molecule has 0 radical (unpaired) electrons. The number of carboxylic acid groups (broad SMARTS) is 1. The third-order valence-electron chi connectivity index (χ3n) is 3.01. The van der Waals surface area contributed by atoms with Gasteiger partial charge in [0.1, 0.15) is 4.60 Å². The van der Waals surface area contributed by atoms with Crippen molar-refractivity contribution in [3.63, 3.8) is 0 Å². The Balaban J connectivity index is 2.04. The summed E-state index contributed by atoms with van der Waals surface area (Å²) in [5.74, 6) is -0.412. The first-order valence-electron chi connectivity index (χ1n) is 6.04. The van der Waals surface area contributed by atoms with E-state index in [9.17, 15) is 9.59 Å². The molecule has 1 aliphatic rings. The maximum Gasteiger partial charge on any atom is 0.407 e. The summed E-state index contributed by atoms with van der Waals surface area (Å²) in [6.45, 7) is 0.753. The number of halogens is 1. The van der Waals surface area contributed by atoms with Gasteiger partial charge in [-0.05, 0) is 28.8 Å². The summed E-state index contributed by atoms with van der Waals surface area (Å²) in [5, 5.41) is 11.7. The first kappa shape index (κ1) is 14.5. The predicted molar refractivity (Wildman–Crippen MR) is 74.2 cm³/mol. The number of aromatic nitrogens is 2. The van der Waals surface area contributed by atoms with Crippen molar-refractivity contribution in [2.24, 2.45) is 0 Å². The minimum absolute atomic E-state index is 0.0341. The number of hydrogen-bond donors (Lipinski definition) is 3. The van der Waals surface area contributed by atoms with E-state index in [1.54, 1.807) is 0 Å². The lowest BCUT2D eigenvalue weighted by Gasteiger charge is -2.31. The number of rotatable bonds is 2. The monoisotopic (exact) mass is 343 g/mol. The molecule has 0 unspecified atom stereocenters. The summed E-state index contributed by atoms with van der Waals surface area (Å²) < 4.78 is 0.410. The van der Waals surface area contributed by atoms with Gasteiger partial charge in [0.2, 0.25) is 0 Å². The molecule has 1 atom stereocenters. The maximum absolute atomic E-state index is 12.1. The van der Waals surface area contributed by atoms with Crippen LogP contribution in [0.3, 0.4) is 0 Å². The number of anilines is 1. The number of nitrogens with two attached hydrogens (primary N) is 1. The first-order chi connectivity index (χ1) is 9.47. The number of carbonyl (C=O) groups excluding carboxylic acids is 1. The van der Waals surface area contributed by atoms with Crippen molar-refractivity contribution in [2.45, 2.75) is 18.9 Å². The highest BCUT2D eigenvalue weighted by molar-refractivity contribution is 9.10. The zero-order chi connectivity index (χ0) is 14.7. The number of likely N-dealkylation sites (tertiary alicyclic amines) is 1. The summed E-state index contributed by atoms with van der Waals surface area (Å²) in [4.78, 5) is 32.1. The fourth-order valence-electron chi connectivity index (χ4n) is 2.07. The Hall–Kier alpha value is -1.90. The third-order valence-corrected chi connectivity index (χ3v) is 3.40. The average Bonchev–Trinajstić information content (AvgIpc) is 2.41. The number of hydrogen-bond acceptors (Lipinski definition) is 5. The first-order valence-corrected chi connectivity index (χ1v) is 6.83. The Morgan fingerprint density at radius 3 is 3.00 bits per heavy atom. The van der Waals surface area contributed by atoms with Crippen LogP contribution in [0.15, 0.2) is 10.8 Å². The van der Waals surface area contributed by atoms with Gasteiger partial charge in [0.05, 0.1) is 6.20 Å². The van der Waals surface area contributed by atoms with Gasteiger partial charge in [-0.15, -0.1) is 0 Å². The van der Waals surface area contributed by atoms with Crippen LogP contribution in [0.2, 0.25) is 0 Å². The number of nitrogen functional groups attached to an aromatic ring is 1. The van der Waals surface area contributed by atoms with E-state index in [0.717, 1.165) is 6.42 Å². The molecule has 1 fully saturated rings. The molecule has 4 N–H and O–H groups in total. The van der Waals surface area contributed by atoms with Crippen molar-refractivity contribution in [3.05, 3.63) is 16.5 Å². The van der Waals surface area contributed by atoms with Gasteiger partial charge in [0.25, 0.3) is 5.91 Å². The van der Waals surface area contributed by atoms with E-state index >= 15 is 0 Å². The zero-order valence-electron chi connectivity index (χ0n) is 10.5. The van der Waals surface area contributed by atoms with Crippen LogP contribution < -0.4 is 11.1 Å². The lowest BCUT2D eigenvalue weighted by atomic mass is 10.1. The minimum atomic E-state index is -0.981. The largest absolute Gasteiger partial charge is 0.465 e. The molecule has 0 bridgehead atoms. The van der Waals surface area contributed by atoms with Gasteiger partial charge in [-0.3, -0.25) is 4.79 Å². The Labute approximate surface area is 123 Å². The molecule has 0 spiro atoms. The molecule has 2 heterocycles. The van der Waals surface area contributed by atoms with E-state index in [2.05, 4.69) is 31.2 Å². The van der Waals surface area contributed by atoms with E-state index in [0.29, 0.717) is 17.6 Å². The second-order valence-corrected chi connectivity index (χ2v) is 5.28. The fraction of sp³-hybridized carbons (Fsp3) is 0.455. The number of nitrogens with one attached hydrogen (secondary N) is 1. The van der Waals surface area contributed by atoms with Crippen LogP contribution in [0, 0.1) is 0 Å². The standard InChI is InChI=1S/C11H14BrN5O3/c12-7-4-14-9(13)8(16-7)10(18)15-6-2-1-3-17(5-6)11(19)20/h4,6H,1-3,5H2,(H2,13,14)(H,15,18)(H,19,20)/t6-/m0/s1. The van der Waals surface area contributed by atoms with Crippen LogP contribution in [0.5, 0.6) is 0 Å². The molecule has 9 heteroatoms. The van der Waals surface area contributed by atoms with E-state index in [4.69, 9.17) is 10.8 Å². The quantitative estimate of drug-likeness (QED) is 0.726. The lowest BCUT2D eigenvalue weighted by Crippen LogP contribution is -2.49. The predicted octanol–water partition coefficient (Wildman–Crippen LogP) is 0.693. The second-order valence-electron chi connectivity index (χ2n) is 4.47. The molecule has 1 aliphatic heterocycles. The molecule has 0 aromatic carbocycles. The van der Waals surface area contributed by atoms with Crippen molar-refractivity contribution in [1.29, 1.82) is 0 Å². The number of carbonyl (C=O) groups is 2. The van der Waals surface area contributed by atoms with Gasteiger partial charge in [0.15, 0.2) is 11.5 Å². The van der Waals surface area contributed by atoms with Crippen molar-refractivity contribution in [1.82, 2.24) is 20.2 Å². The maximum atomic E-state index is 12.1. The average molecular weight is 344 g/mol. The van der Waals surface area contributed by atoms with Gasteiger partial charge in [0, 0.05) is 19.1 Å². The Morgan fingerprint density at radius 1 is 1.55 bits per heavy atom. The van der Waals surface area contributed by atoms with Gasteiger partial charge in [-0.25, -0.2) is 14.8 Å². The molecule has 108 valence electrons. The molecular formula is C11H14BrN5O3. The third kappa shape index (κ3) is 3.35. The van der Waals surface area contributed by atoms with Crippen LogP contribution in [0.25, 0.3) is 0 Å². The van der Waals surface area contributed by atoms with Crippen molar-refractivity contribution < 1.29 is 14.7 Å². The summed E-state index contributed by atoms with van der Waals surface area (Å²) in [6.07, 6.45) is 1.85. The van der Waals surface area contributed by atoms with Crippen LogP contribution in [-0.2, 0) is 0 Å². The topological polar surface area (TPSA) is 121 Å². The Bertz CT molecular complexity index is 539. The van der Waals surface area contributed by atoms with Crippen molar-refractivity contribution in [3.8, 4) is 0 Å². The second kappa shape index (κ2) is 6.04. The van der Waals surface area contributed by atoms with Crippen LogP contribution in [0.4, 0.5) is 10.6 Å². The molecular weight excluding hydrogens is 330 g/mol. The SMILES string of the molecule is Nc1ncc(Br)nc1C(=O)N[C@H]1CCCN(C(=O)O)C1. The van der Waals surface area contributed by atoms with E-state index < -0.39 is 12.0 Å². The molecule has 2 amide bonds. The lowest BCUT2D eigenvalue weighted by molar-refractivity contribution is 0.0884. The normalized spacial score (nSPS) is 18.6. The highest BCUT2D eigenvalue weighted by atomic mass is 79.9. The van der Waals surface area contributed by atoms with Crippen molar-refractivity contribution >= 4 is 33.7 Å². The Morgan fingerprint density at radius 2 is 2.30 bits per heavy atom. The molecule has 8 nitrogen and oxygen atoms in total. The van der Waals surface area contributed by atoms with Crippen LogP contribution in [0.1, 0.15) is 23.3 Å². The molecule has 2 rings (SSSR count). The molecule has 0 aliphatic carbocycles. The summed E-state index contributed by atoms with van der Waals surface area (Å²) in [5.41, 5.74) is 5.65. The number of amides is 2. The molecule has 1 saturated heterocycles. The minimum Gasteiger partial charge on any atom is -0.465 e. The van der Waals surface area contributed by atoms with Gasteiger partial charge >= 0.3 is 6.09 Å². The van der Waals surface area contributed by atoms with E-state index in [-0.39, 0.29) is 24.1 Å². The molecule has 1 aromatic heterocycles. The molecule has 0 saturated carbocycles. The van der Waals surface area contributed by atoms with Gasteiger partial charge in [-0.1, -0.05) is 0 Å². The summed E-state index contributed by atoms with van der Waals surface area (Å²) in [7, 11) is 0. The van der Waals surface area contributed by atoms with E-state index in [1.165, 1.54) is 11.1 Å². The summed E-state index contributed by atoms with van der Waals surface area (Å²) >= 11 is 3.12. The van der Waals surface area contributed by atoms with Crippen LogP contribution >= 0.6 is 15.9 Å². The van der Waals surface area contributed by atoms with Crippen molar-refractivity contribution in [2.75, 3.05) is 18.8 Å². The Kier molecular flexibility index (Phi) is 4.38. The fourth-order valence-corrected chi connectivity index (χ4v) is 2.35. The summed E-state index contributed by atoms with van der Waals surface area (Å²) in [6, 6.07) is -0.243. The number of nitrogens with zero attached hydrogens (tertiary/aromatic N) is 3. The number of piperidine rings is 1. The molecule has 1 aromatic rings.